The molecule has 16 heavy (non-hydrogen) atoms. The largest absolute Gasteiger partial charge is 0.224 e. The molecule has 0 heterocycles. The van der Waals surface area contributed by atoms with Crippen LogP contribution in [0.25, 0.3) is 0 Å². The predicted octanol–water partition coefficient (Wildman–Crippen LogP) is 2.24. The molecule has 0 amide bonds. The van der Waals surface area contributed by atoms with E-state index in [0.29, 0.717) is 4.90 Å². The van der Waals surface area contributed by atoms with E-state index in [2.05, 4.69) is 0 Å². The lowest BCUT2D eigenvalue weighted by atomic mass is 10.2. The van der Waals surface area contributed by atoms with Crippen molar-refractivity contribution in [2.24, 2.45) is 5.92 Å². The number of nitrogens with zero attached hydrogens (tertiary/aromatic N) is 1. The second-order valence-electron chi connectivity index (χ2n) is 4.08. The average Bonchev–Trinajstić information content (AvgIpc) is 2.20. The van der Waals surface area contributed by atoms with Crippen LogP contribution in [0.5, 0.6) is 0 Å². The van der Waals surface area contributed by atoms with Crippen molar-refractivity contribution in [1.29, 1.82) is 5.26 Å². The number of hydrogen-bond donors (Lipinski definition) is 0. The first-order valence-electron chi connectivity index (χ1n) is 5.06. The van der Waals surface area contributed by atoms with Crippen LogP contribution in [-0.2, 0) is 9.84 Å². The Bertz CT molecular complexity index is 526. The second-order valence-corrected chi connectivity index (χ2v) is 6.08. The first kappa shape index (κ1) is 12.7. The summed E-state index contributed by atoms with van der Waals surface area (Å²) in [5.41, 5.74) is 1.64. The van der Waals surface area contributed by atoms with E-state index in [0.717, 1.165) is 11.1 Å². The summed E-state index contributed by atoms with van der Waals surface area (Å²) in [6, 6.07) is 7.28. The van der Waals surface area contributed by atoms with E-state index in [1.807, 2.05) is 19.1 Å². The highest BCUT2D eigenvalue weighted by Gasteiger charge is 2.20. The Balaban J connectivity index is 3.18. The van der Waals surface area contributed by atoms with Gasteiger partial charge in [0.2, 0.25) is 0 Å². The Morgan fingerprint density at radius 2 is 2.00 bits per heavy atom. The van der Waals surface area contributed by atoms with E-state index >= 15 is 0 Å². The number of rotatable bonds is 3. The molecule has 0 saturated heterocycles. The molecular formula is C12H15NO2S. The highest BCUT2D eigenvalue weighted by atomic mass is 32.2. The van der Waals surface area contributed by atoms with Gasteiger partial charge < -0.3 is 0 Å². The standard InChI is InChI=1S/C12H15NO2S/c1-9-4-5-11(3)12(6-9)16(14,15)8-10(2)7-13/h4-6,10H,8H2,1-3H3. The normalized spacial score (nSPS) is 13.1. The minimum Gasteiger partial charge on any atom is -0.224 e. The van der Waals surface area contributed by atoms with Crippen LogP contribution in [0, 0.1) is 31.1 Å². The number of aryl methyl sites for hydroxylation is 2. The van der Waals surface area contributed by atoms with Gasteiger partial charge in [-0.25, -0.2) is 8.42 Å². The SMILES string of the molecule is Cc1ccc(C)c(S(=O)(=O)CC(C)C#N)c1. The summed E-state index contributed by atoms with van der Waals surface area (Å²) in [4.78, 5) is 0.342. The smallest absolute Gasteiger partial charge is 0.179 e. The molecule has 1 unspecified atom stereocenters. The molecule has 4 heteroatoms. The summed E-state index contributed by atoms with van der Waals surface area (Å²) in [7, 11) is -3.35. The second kappa shape index (κ2) is 4.67. The van der Waals surface area contributed by atoms with Crippen LogP contribution in [-0.4, -0.2) is 14.2 Å². The molecule has 1 aromatic carbocycles. The molecule has 0 aliphatic heterocycles. The van der Waals surface area contributed by atoms with E-state index in [4.69, 9.17) is 5.26 Å². The third kappa shape index (κ3) is 2.83. The molecule has 1 aromatic rings. The molecule has 0 radical (unpaired) electrons. The Labute approximate surface area is 96.6 Å². The molecule has 0 aliphatic rings. The highest BCUT2D eigenvalue weighted by Crippen LogP contribution is 2.19. The van der Waals surface area contributed by atoms with Gasteiger partial charge in [-0.1, -0.05) is 12.1 Å². The first-order valence-corrected chi connectivity index (χ1v) is 6.71. The summed E-state index contributed by atoms with van der Waals surface area (Å²) in [6.07, 6.45) is 0. The Morgan fingerprint density at radius 3 is 2.56 bits per heavy atom. The highest BCUT2D eigenvalue weighted by molar-refractivity contribution is 7.91. The first-order chi connectivity index (χ1) is 7.36. The Morgan fingerprint density at radius 1 is 1.38 bits per heavy atom. The maximum absolute atomic E-state index is 12.0. The monoisotopic (exact) mass is 237 g/mol. The molecule has 0 spiro atoms. The quantitative estimate of drug-likeness (QED) is 0.810. The van der Waals surface area contributed by atoms with Crippen LogP contribution >= 0.6 is 0 Å². The Kier molecular flexibility index (Phi) is 3.71. The topological polar surface area (TPSA) is 57.9 Å². The fourth-order valence-corrected chi connectivity index (χ4v) is 3.33. The minimum absolute atomic E-state index is 0.117. The van der Waals surface area contributed by atoms with Crippen molar-refractivity contribution in [2.45, 2.75) is 25.7 Å². The van der Waals surface area contributed by atoms with Crippen LogP contribution in [0.4, 0.5) is 0 Å². The lowest BCUT2D eigenvalue weighted by Gasteiger charge is -2.09. The predicted molar refractivity (Wildman–Crippen MR) is 62.7 cm³/mol. The zero-order valence-corrected chi connectivity index (χ0v) is 10.5. The third-order valence-corrected chi connectivity index (χ3v) is 4.42. The van der Waals surface area contributed by atoms with Crippen LogP contribution in [0.2, 0.25) is 0 Å². The van der Waals surface area contributed by atoms with Gasteiger partial charge in [0.05, 0.1) is 22.6 Å². The van der Waals surface area contributed by atoms with Gasteiger partial charge in [-0.3, -0.25) is 0 Å². The van der Waals surface area contributed by atoms with E-state index < -0.39 is 15.8 Å². The molecule has 0 fully saturated rings. The summed E-state index contributed by atoms with van der Waals surface area (Å²) in [6.45, 7) is 5.23. The minimum atomic E-state index is -3.35. The lowest BCUT2D eigenvalue weighted by Crippen LogP contribution is -2.14. The molecule has 86 valence electrons. The van der Waals surface area contributed by atoms with Crippen molar-refractivity contribution in [3.63, 3.8) is 0 Å². The average molecular weight is 237 g/mol. The molecular weight excluding hydrogens is 222 g/mol. The Hall–Kier alpha value is -1.34. The van der Waals surface area contributed by atoms with Crippen molar-refractivity contribution >= 4 is 9.84 Å². The maximum atomic E-state index is 12.0. The van der Waals surface area contributed by atoms with Crippen molar-refractivity contribution in [1.82, 2.24) is 0 Å². The van der Waals surface area contributed by atoms with Crippen molar-refractivity contribution < 1.29 is 8.42 Å². The van der Waals surface area contributed by atoms with Gasteiger partial charge in [-0.15, -0.1) is 0 Å². The summed E-state index contributed by atoms with van der Waals surface area (Å²) in [5.74, 6) is -0.599. The molecule has 0 bridgehead atoms. The van der Waals surface area contributed by atoms with Crippen molar-refractivity contribution in [3.05, 3.63) is 29.3 Å². The van der Waals surface area contributed by atoms with E-state index in [1.165, 1.54) is 0 Å². The van der Waals surface area contributed by atoms with Gasteiger partial charge in [0.1, 0.15) is 0 Å². The van der Waals surface area contributed by atoms with E-state index in [9.17, 15) is 8.42 Å². The van der Waals surface area contributed by atoms with Gasteiger partial charge in [-0.05, 0) is 38.0 Å². The van der Waals surface area contributed by atoms with Gasteiger partial charge >= 0.3 is 0 Å². The number of benzene rings is 1. The van der Waals surface area contributed by atoms with Crippen molar-refractivity contribution in [2.75, 3.05) is 5.75 Å². The molecule has 3 nitrogen and oxygen atoms in total. The van der Waals surface area contributed by atoms with Crippen LogP contribution in [0.15, 0.2) is 23.1 Å². The maximum Gasteiger partial charge on any atom is 0.179 e. The molecule has 1 atom stereocenters. The van der Waals surface area contributed by atoms with Gasteiger partial charge in [0.25, 0.3) is 0 Å². The number of hydrogen-bond acceptors (Lipinski definition) is 3. The van der Waals surface area contributed by atoms with Crippen molar-refractivity contribution in [3.8, 4) is 6.07 Å². The van der Waals surface area contributed by atoms with E-state index in [1.54, 1.807) is 26.0 Å². The summed E-state index contributed by atoms with van der Waals surface area (Å²) >= 11 is 0. The van der Waals surface area contributed by atoms with Crippen LogP contribution < -0.4 is 0 Å². The number of nitriles is 1. The molecule has 1 rings (SSSR count). The van der Waals surface area contributed by atoms with Crippen LogP contribution in [0.3, 0.4) is 0 Å². The summed E-state index contributed by atoms with van der Waals surface area (Å²) in [5, 5.41) is 8.65. The summed E-state index contributed by atoms with van der Waals surface area (Å²) < 4.78 is 24.0. The third-order valence-electron chi connectivity index (χ3n) is 2.37. The molecule has 0 N–H and O–H groups in total. The van der Waals surface area contributed by atoms with Gasteiger partial charge in [0.15, 0.2) is 9.84 Å². The molecule has 0 aliphatic carbocycles. The fourth-order valence-electron chi connectivity index (χ4n) is 1.50. The van der Waals surface area contributed by atoms with Gasteiger partial charge in [0, 0.05) is 0 Å². The van der Waals surface area contributed by atoms with E-state index in [-0.39, 0.29) is 5.75 Å². The zero-order chi connectivity index (χ0) is 12.3. The zero-order valence-electron chi connectivity index (χ0n) is 9.69. The van der Waals surface area contributed by atoms with Crippen LogP contribution in [0.1, 0.15) is 18.1 Å². The lowest BCUT2D eigenvalue weighted by molar-refractivity contribution is 0.588. The molecule has 0 saturated carbocycles. The fraction of sp³-hybridized carbons (Fsp3) is 0.417. The number of sulfone groups is 1. The van der Waals surface area contributed by atoms with Gasteiger partial charge in [-0.2, -0.15) is 5.26 Å². The molecule has 0 aromatic heterocycles.